The molecule has 1 aromatic heterocycles. The Kier molecular flexibility index (Phi) is 4.30. The first-order valence-corrected chi connectivity index (χ1v) is 4.92. The lowest BCUT2D eigenvalue weighted by Gasteiger charge is -1.92. The van der Waals surface area contributed by atoms with Gasteiger partial charge in [0.2, 0.25) is 0 Å². The highest BCUT2D eigenvalue weighted by atomic mass is 16.5. The molecule has 0 N–H and O–H groups in total. The molecule has 0 atom stereocenters. The quantitative estimate of drug-likeness (QED) is 0.495. The fourth-order valence-corrected chi connectivity index (χ4v) is 1.23. The summed E-state index contributed by atoms with van der Waals surface area (Å²) in [5.41, 5.74) is 1.05. The molecule has 0 bridgehead atoms. The average molecular weight is 179 g/mol. The SMILES string of the molecule is C=CCCCCc1cc(CC)no1. The van der Waals surface area contributed by atoms with E-state index < -0.39 is 0 Å². The number of hydrogen-bond donors (Lipinski definition) is 0. The van der Waals surface area contributed by atoms with Crippen molar-refractivity contribution in [3.05, 3.63) is 30.2 Å². The molecule has 0 amide bonds. The van der Waals surface area contributed by atoms with E-state index in [9.17, 15) is 0 Å². The van der Waals surface area contributed by atoms with E-state index in [4.69, 9.17) is 4.52 Å². The van der Waals surface area contributed by atoms with Gasteiger partial charge in [-0.2, -0.15) is 0 Å². The molecule has 0 unspecified atom stereocenters. The smallest absolute Gasteiger partial charge is 0.137 e. The maximum absolute atomic E-state index is 5.16. The van der Waals surface area contributed by atoms with Crippen molar-refractivity contribution in [2.75, 3.05) is 0 Å². The molecule has 0 radical (unpaired) electrons. The third-order valence-corrected chi connectivity index (χ3v) is 2.05. The Morgan fingerprint density at radius 3 is 3.00 bits per heavy atom. The molecule has 0 fully saturated rings. The topological polar surface area (TPSA) is 26.0 Å². The molecular formula is C11H17NO. The van der Waals surface area contributed by atoms with Crippen LogP contribution in [0.4, 0.5) is 0 Å². The van der Waals surface area contributed by atoms with Crippen LogP contribution in [0.1, 0.15) is 37.6 Å². The van der Waals surface area contributed by atoms with Crippen LogP contribution in [0.3, 0.4) is 0 Å². The highest BCUT2D eigenvalue weighted by Crippen LogP contribution is 2.09. The van der Waals surface area contributed by atoms with Crippen molar-refractivity contribution >= 4 is 0 Å². The fraction of sp³-hybridized carbons (Fsp3) is 0.545. The third kappa shape index (κ3) is 3.45. The van der Waals surface area contributed by atoms with E-state index in [-0.39, 0.29) is 0 Å². The zero-order valence-electron chi connectivity index (χ0n) is 8.25. The lowest BCUT2D eigenvalue weighted by Crippen LogP contribution is -1.81. The van der Waals surface area contributed by atoms with Crippen molar-refractivity contribution in [3.63, 3.8) is 0 Å². The van der Waals surface area contributed by atoms with Crippen LogP contribution >= 0.6 is 0 Å². The van der Waals surface area contributed by atoms with Gasteiger partial charge in [-0.05, 0) is 25.7 Å². The zero-order valence-corrected chi connectivity index (χ0v) is 8.25. The van der Waals surface area contributed by atoms with Crippen LogP contribution in [0.5, 0.6) is 0 Å². The van der Waals surface area contributed by atoms with Crippen molar-refractivity contribution in [1.82, 2.24) is 5.16 Å². The summed E-state index contributed by atoms with van der Waals surface area (Å²) < 4.78 is 5.16. The lowest BCUT2D eigenvalue weighted by atomic mass is 10.1. The predicted octanol–water partition coefficient (Wildman–Crippen LogP) is 3.14. The van der Waals surface area contributed by atoms with E-state index in [0.717, 1.165) is 37.1 Å². The maximum atomic E-state index is 5.16. The minimum Gasteiger partial charge on any atom is -0.361 e. The van der Waals surface area contributed by atoms with Crippen LogP contribution in [0.15, 0.2) is 23.2 Å². The van der Waals surface area contributed by atoms with E-state index in [1.54, 1.807) is 0 Å². The Balaban J connectivity index is 2.24. The Hall–Kier alpha value is -1.05. The second kappa shape index (κ2) is 5.57. The normalized spacial score (nSPS) is 10.2. The van der Waals surface area contributed by atoms with Crippen LogP contribution in [0, 0.1) is 0 Å². The van der Waals surface area contributed by atoms with Crippen molar-refractivity contribution in [2.45, 2.75) is 39.0 Å². The van der Waals surface area contributed by atoms with Gasteiger partial charge < -0.3 is 4.52 Å². The van der Waals surface area contributed by atoms with Gasteiger partial charge in [-0.1, -0.05) is 18.2 Å². The minimum atomic E-state index is 0.955. The number of hydrogen-bond acceptors (Lipinski definition) is 2. The van der Waals surface area contributed by atoms with E-state index in [1.165, 1.54) is 6.42 Å². The molecule has 0 aliphatic carbocycles. The Morgan fingerprint density at radius 2 is 2.38 bits per heavy atom. The van der Waals surface area contributed by atoms with E-state index in [0.29, 0.717) is 0 Å². The molecule has 1 rings (SSSR count). The van der Waals surface area contributed by atoms with E-state index >= 15 is 0 Å². The Bertz CT molecular complexity index is 252. The molecule has 2 nitrogen and oxygen atoms in total. The Labute approximate surface area is 79.6 Å². The van der Waals surface area contributed by atoms with Gasteiger partial charge in [0.15, 0.2) is 0 Å². The highest BCUT2D eigenvalue weighted by molar-refractivity contribution is 5.04. The summed E-state index contributed by atoms with van der Waals surface area (Å²) in [6, 6.07) is 2.05. The second-order valence-electron chi connectivity index (χ2n) is 3.17. The summed E-state index contributed by atoms with van der Waals surface area (Å²) in [5, 5.41) is 3.94. The summed E-state index contributed by atoms with van der Waals surface area (Å²) in [7, 11) is 0. The van der Waals surface area contributed by atoms with Crippen molar-refractivity contribution in [3.8, 4) is 0 Å². The summed E-state index contributed by atoms with van der Waals surface area (Å²) in [6.45, 7) is 5.77. The zero-order chi connectivity index (χ0) is 9.52. The van der Waals surface area contributed by atoms with Crippen LogP contribution in [0.2, 0.25) is 0 Å². The lowest BCUT2D eigenvalue weighted by molar-refractivity contribution is 0.374. The van der Waals surface area contributed by atoms with Gasteiger partial charge in [0.05, 0.1) is 5.69 Å². The van der Waals surface area contributed by atoms with Crippen molar-refractivity contribution in [1.29, 1.82) is 0 Å². The molecule has 0 aromatic carbocycles. The molecule has 0 saturated heterocycles. The number of unbranched alkanes of at least 4 members (excludes halogenated alkanes) is 2. The summed E-state index contributed by atoms with van der Waals surface area (Å²) >= 11 is 0. The fourth-order valence-electron chi connectivity index (χ4n) is 1.23. The summed E-state index contributed by atoms with van der Waals surface area (Å²) in [5.74, 6) is 1.01. The summed E-state index contributed by atoms with van der Waals surface area (Å²) in [6.07, 6.45) is 7.35. The van der Waals surface area contributed by atoms with E-state index in [1.807, 2.05) is 12.1 Å². The largest absolute Gasteiger partial charge is 0.361 e. The molecule has 1 heterocycles. The summed E-state index contributed by atoms with van der Waals surface area (Å²) in [4.78, 5) is 0. The van der Waals surface area contributed by atoms with Gasteiger partial charge >= 0.3 is 0 Å². The van der Waals surface area contributed by atoms with Crippen molar-refractivity contribution in [2.24, 2.45) is 0 Å². The molecule has 13 heavy (non-hydrogen) atoms. The van der Waals surface area contributed by atoms with Gasteiger partial charge in [0.25, 0.3) is 0 Å². The first-order chi connectivity index (χ1) is 6.36. The Morgan fingerprint density at radius 1 is 1.54 bits per heavy atom. The van der Waals surface area contributed by atoms with Gasteiger partial charge in [0.1, 0.15) is 5.76 Å². The average Bonchev–Trinajstić information content (AvgIpc) is 2.60. The highest BCUT2D eigenvalue weighted by Gasteiger charge is 2.01. The first kappa shape index (κ1) is 10.0. The molecule has 0 saturated carbocycles. The second-order valence-corrected chi connectivity index (χ2v) is 3.17. The molecule has 0 aliphatic heterocycles. The minimum absolute atomic E-state index is 0.955. The molecule has 2 heteroatoms. The molecule has 0 spiro atoms. The van der Waals surface area contributed by atoms with Crippen LogP contribution in [-0.2, 0) is 12.8 Å². The number of aryl methyl sites for hydroxylation is 2. The molecular weight excluding hydrogens is 162 g/mol. The molecule has 1 aromatic rings. The van der Waals surface area contributed by atoms with Gasteiger partial charge in [0, 0.05) is 12.5 Å². The monoisotopic (exact) mass is 179 g/mol. The van der Waals surface area contributed by atoms with Crippen LogP contribution in [0.25, 0.3) is 0 Å². The number of nitrogens with zero attached hydrogens (tertiary/aromatic N) is 1. The maximum Gasteiger partial charge on any atom is 0.137 e. The molecule has 72 valence electrons. The third-order valence-electron chi connectivity index (χ3n) is 2.05. The van der Waals surface area contributed by atoms with Gasteiger partial charge in [-0.15, -0.1) is 6.58 Å². The van der Waals surface area contributed by atoms with Gasteiger partial charge in [-0.3, -0.25) is 0 Å². The number of allylic oxidation sites excluding steroid dienone is 1. The van der Waals surface area contributed by atoms with Crippen LogP contribution < -0.4 is 0 Å². The van der Waals surface area contributed by atoms with Crippen molar-refractivity contribution < 1.29 is 4.52 Å². The number of aromatic nitrogens is 1. The molecule has 0 aliphatic rings. The van der Waals surface area contributed by atoms with Gasteiger partial charge in [-0.25, -0.2) is 0 Å². The number of rotatable bonds is 6. The standard InChI is InChI=1S/C11H17NO/c1-3-5-6-7-8-11-9-10(4-2)12-13-11/h3,9H,1,4-8H2,2H3. The predicted molar refractivity (Wildman–Crippen MR) is 53.6 cm³/mol. The first-order valence-electron chi connectivity index (χ1n) is 4.92. The van der Waals surface area contributed by atoms with E-state index in [2.05, 4.69) is 18.7 Å². The van der Waals surface area contributed by atoms with Crippen LogP contribution in [-0.4, -0.2) is 5.16 Å².